The largest absolute Gasteiger partial charge is 0.480 e. The molecule has 0 aromatic carbocycles. The summed E-state index contributed by atoms with van der Waals surface area (Å²) in [6, 6.07) is -0.439. The standard InChI is InChI=1S/C14H15F2N3O5/c1-24-12(23)9-13(14(9,15)16)4-7(5-13)18-10-11(22)19(3-2-17-10)6-8(20)21/h2-3,7,9H,4-6H2,1H3,(H,17,18)(H,20,21)/t7?,9-,13?/m0/s1. The second-order valence-corrected chi connectivity index (χ2v) is 6.09. The summed E-state index contributed by atoms with van der Waals surface area (Å²) in [5.41, 5.74) is -2.06. The first-order valence-electron chi connectivity index (χ1n) is 7.22. The molecule has 0 amide bonds. The molecular weight excluding hydrogens is 328 g/mol. The molecule has 24 heavy (non-hydrogen) atoms. The number of alkyl halides is 2. The SMILES string of the molecule is COC(=O)[C@@H]1C(F)(F)C12CC(Nc1nccn(CC(=O)O)c1=O)C2. The summed E-state index contributed by atoms with van der Waals surface area (Å²) < 4.78 is 33.1. The van der Waals surface area contributed by atoms with E-state index in [2.05, 4.69) is 15.0 Å². The minimum Gasteiger partial charge on any atom is -0.480 e. The molecule has 3 rings (SSSR count). The molecule has 1 spiro atoms. The molecule has 2 aliphatic carbocycles. The number of nitrogens with zero attached hydrogens (tertiary/aromatic N) is 2. The van der Waals surface area contributed by atoms with Crippen molar-refractivity contribution < 1.29 is 28.2 Å². The molecule has 0 unspecified atom stereocenters. The topological polar surface area (TPSA) is 111 Å². The van der Waals surface area contributed by atoms with E-state index >= 15 is 0 Å². The molecule has 0 bridgehead atoms. The first-order valence-corrected chi connectivity index (χ1v) is 7.22. The summed E-state index contributed by atoms with van der Waals surface area (Å²) in [4.78, 5) is 38.0. The van der Waals surface area contributed by atoms with Crippen LogP contribution in [-0.2, 0) is 20.9 Å². The van der Waals surface area contributed by atoms with Crippen LogP contribution in [0, 0.1) is 11.3 Å². The number of hydrogen-bond acceptors (Lipinski definition) is 6. The van der Waals surface area contributed by atoms with Crippen LogP contribution in [0.3, 0.4) is 0 Å². The van der Waals surface area contributed by atoms with Crippen LogP contribution in [-0.4, -0.2) is 45.7 Å². The van der Waals surface area contributed by atoms with Crippen molar-refractivity contribution in [2.45, 2.75) is 31.4 Å². The number of halogens is 2. The Morgan fingerprint density at radius 3 is 2.75 bits per heavy atom. The number of carboxylic acid groups (broad SMARTS) is 1. The molecule has 2 fully saturated rings. The van der Waals surface area contributed by atoms with Crippen LogP contribution in [0.2, 0.25) is 0 Å². The van der Waals surface area contributed by atoms with Gasteiger partial charge < -0.3 is 15.2 Å². The summed E-state index contributed by atoms with van der Waals surface area (Å²) in [6.45, 7) is -0.521. The Balaban J connectivity index is 1.68. The summed E-state index contributed by atoms with van der Waals surface area (Å²) >= 11 is 0. The van der Waals surface area contributed by atoms with Gasteiger partial charge >= 0.3 is 11.9 Å². The Morgan fingerprint density at radius 2 is 2.17 bits per heavy atom. The summed E-state index contributed by atoms with van der Waals surface area (Å²) in [5.74, 6) is -6.76. The zero-order chi connectivity index (χ0) is 17.7. The average molecular weight is 343 g/mol. The zero-order valence-electron chi connectivity index (χ0n) is 12.7. The molecule has 0 aliphatic heterocycles. The van der Waals surface area contributed by atoms with Crippen molar-refractivity contribution in [3.8, 4) is 0 Å². The van der Waals surface area contributed by atoms with E-state index in [1.54, 1.807) is 0 Å². The van der Waals surface area contributed by atoms with Crippen molar-refractivity contribution in [3.63, 3.8) is 0 Å². The lowest BCUT2D eigenvalue weighted by Gasteiger charge is -2.36. The Bertz CT molecular complexity index is 757. The Hall–Kier alpha value is -2.52. The van der Waals surface area contributed by atoms with Gasteiger partial charge in [-0.2, -0.15) is 0 Å². The molecule has 0 radical (unpaired) electrons. The molecule has 2 N–H and O–H groups in total. The van der Waals surface area contributed by atoms with E-state index < -0.39 is 47.3 Å². The number of carbonyl (C=O) groups is 2. The summed E-state index contributed by atoms with van der Waals surface area (Å²) in [5, 5.41) is 11.5. The van der Waals surface area contributed by atoms with E-state index in [9.17, 15) is 23.2 Å². The van der Waals surface area contributed by atoms with Crippen LogP contribution in [0.4, 0.5) is 14.6 Å². The van der Waals surface area contributed by atoms with Crippen molar-refractivity contribution in [1.82, 2.24) is 9.55 Å². The third kappa shape index (κ3) is 2.24. The number of rotatable bonds is 5. The second-order valence-electron chi connectivity index (χ2n) is 6.09. The van der Waals surface area contributed by atoms with Gasteiger partial charge in [0.1, 0.15) is 12.5 Å². The second kappa shape index (κ2) is 5.25. The maximum Gasteiger partial charge on any atom is 0.323 e. The van der Waals surface area contributed by atoms with E-state index in [0.717, 1.165) is 11.7 Å². The average Bonchev–Trinajstić information content (AvgIpc) is 2.98. The van der Waals surface area contributed by atoms with Crippen molar-refractivity contribution in [2.24, 2.45) is 11.3 Å². The van der Waals surface area contributed by atoms with E-state index in [0.29, 0.717) is 0 Å². The van der Waals surface area contributed by atoms with Crippen LogP contribution in [0.5, 0.6) is 0 Å². The molecule has 130 valence electrons. The maximum atomic E-state index is 13.9. The van der Waals surface area contributed by atoms with Gasteiger partial charge in [-0.3, -0.25) is 19.0 Å². The highest BCUT2D eigenvalue weighted by Crippen LogP contribution is 2.75. The van der Waals surface area contributed by atoms with Gasteiger partial charge in [0.25, 0.3) is 11.5 Å². The number of methoxy groups -OCH3 is 1. The van der Waals surface area contributed by atoms with Gasteiger partial charge in [-0.1, -0.05) is 0 Å². The minimum absolute atomic E-state index is 0.00864. The number of carboxylic acids is 1. The predicted molar refractivity (Wildman–Crippen MR) is 75.7 cm³/mol. The highest BCUT2D eigenvalue weighted by Gasteiger charge is 2.87. The van der Waals surface area contributed by atoms with E-state index in [-0.39, 0.29) is 18.7 Å². The third-order valence-electron chi connectivity index (χ3n) is 4.71. The van der Waals surface area contributed by atoms with Gasteiger partial charge in [0.2, 0.25) is 0 Å². The fourth-order valence-electron chi connectivity index (χ4n) is 3.44. The predicted octanol–water partition coefficient (Wildman–Crippen LogP) is 0.327. The van der Waals surface area contributed by atoms with Gasteiger partial charge in [-0.15, -0.1) is 0 Å². The highest BCUT2D eigenvalue weighted by atomic mass is 19.3. The summed E-state index contributed by atoms with van der Waals surface area (Å²) in [6.07, 6.45) is 2.50. The number of carbonyl (C=O) groups excluding carboxylic acids is 1. The van der Waals surface area contributed by atoms with Gasteiger partial charge in [0, 0.05) is 18.4 Å². The van der Waals surface area contributed by atoms with Crippen molar-refractivity contribution in [2.75, 3.05) is 12.4 Å². The van der Waals surface area contributed by atoms with Crippen LogP contribution >= 0.6 is 0 Å². The quantitative estimate of drug-likeness (QED) is 0.741. The first kappa shape index (κ1) is 16.3. The number of nitrogens with one attached hydrogen (secondary N) is 1. The van der Waals surface area contributed by atoms with Gasteiger partial charge in [-0.25, -0.2) is 13.8 Å². The van der Waals surface area contributed by atoms with Crippen LogP contribution in [0.1, 0.15) is 12.8 Å². The molecular formula is C14H15F2N3O5. The van der Waals surface area contributed by atoms with Crippen molar-refractivity contribution in [3.05, 3.63) is 22.7 Å². The Morgan fingerprint density at radius 1 is 1.50 bits per heavy atom. The molecule has 8 nitrogen and oxygen atoms in total. The normalized spacial score (nSPS) is 29.6. The number of ether oxygens (including phenoxy) is 1. The number of esters is 1. The zero-order valence-corrected chi connectivity index (χ0v) is 12.7. The molecule has 1 aromatic rings. The fourth-order valence-corrected chi connectivity index (χ4v) is 3.44. The van der Waals surface area contributed by atoms with E-state index in [4.69, 9.17) is 5.11 Å². The highest BCUT2D eigenvalue weighted by molar-refractivity contribution is 5.80. The third-order valence-corrected chi connectivity index (χ3v) is 4.71. The lowest BCUT2D eigenvalue weighted by atomic mass is 9.74. The summed E-state index contributed by atoms with van der Waals surface area (Å²) in [7, 11) is 1.07. The lowest BCUT2D eigenvalue weighted by Crippen LogP contribution is -2.43. The number of anilines is 1. The number of aromatic nitrogens is 2. The van der Waals surface area contributed by atoms with Crippen LogP contribution in [0.15, 0.2) is 17.2 Å². The molecule has 10 heteroatoms. The van der Waals surface area contributed by atoms with Crippen LogP contribution < -0.4 is 10.9 Å². The molecule has 1 atom stereocenters. The van der Waals surface area contributed by atoms with Crippen LogP contribution in [0.25, 0.3) is 0 Å². The monoisotopic (exact) mass is 343 g/mol. The molecule has 2 aliphatic rings. The molecule has 0 saturated heterocycles. The number of aliphatic carboxylic acids is 1. The molecule has 1 heterocycles. The smallest absolute Gasteiger partial charge is 0.323 e. The molecule has 1 aromatic heterocycles. The van der Waals surface area contributed by atoms with Gasteiger partial charge in [-0.05, 0) is 12.8 Å². The fraction of sp³-hybridized carbons (Fsp3) is 0.571. The van der Waals surface area contributed by atoms with Crippen molar-refractivity contribution in [1.29, 1.82) is 0 Å². The first-order chi connectivity index (χ1) is 11.2. The minimum atomic E-state index is -3.11. The number of hydrogen-bond donors (Lipinski definition) is 2. The van der Waals surface area contributed by atoms with Gasteiger partial charge in [0.05, 0.1) is 12.5 Å². The maximum absolute atomic E-state index is 13.9. The lowest BCUT2D eigenvalue weighted by molar-refractivity contribution is -0.145. The van der Waals surface area contributed by atoms with E-state index in [1.807, 2.05) is 0 Å². The van der Waals surface area contributed by atoms with E-state index in [1.165, 1.54) is 12.4 Å². The molecule has 2 saturated carbocycles. The Kier molecular flexibility index (Phi) is 3.57. The Labute approximate surface area is 134 Å². The van der Waals surface area contributed by atoms with Gasteiger partial charge in [0.15, 0.2) is 5.82 Å². The van der Waals surface area contributed by atoms with Crippen molar-refractivity contribution >= 4 is 17.8 Å².